The molecule has 0 heterocycles. The van der Waals surface area contributed by atoms with Crippen LogP contribution in [0.25, 0.3) is 0 Å². The summed E-state index contributed by atoms with van der Waals surface area (Å²) >= 11 is 17.0. The Kier molecular flexibility index (Phi) is 7.32. The topological polar surface area (TPSA) is 71.6 Å². The largest absolute Gasteiger partial charge is 0.497 e. The Hall–Kier alpha value is -2.22. The van der Waals surface area contributed by atoms with Crippen LogP contribution in [0.3, 0.4) is 0 Å². The van der Waals surface area contributed by atoms with Crippen molar-refractivity contribution in [2.24, 2.45) is 0 Å². The molecule has 0 aliphatic carbocycles. The van der Waals surface area contributed by atoms with Crippen LogP contribution in [0.2, 0.25) is 10.0 Å². The van der Waals surface area contributed by atoms with E-state index in [0.717, 1.165) is 11.4 Å². The van der Waals surface area contributed by atoms with Crippen LogP contribution in [0, 0.1) is 0 Å². The lowest BCUT2D eigenvalue weighted by Gasteiger charge is -2.17. The molecule has 3 N–H and O–H groups in total. The molecular weight excluding hydrogens is 397 g/mol. The van der Waals surface area contributed by atoms with E-state index in [1.165, 1.54) is 6.07 Å². The number of amides is 1. The zero-order valence-electron chi connectivity index (χ0n) is 14.0. The van der Waals surface area contributed by atoms with E-state index in [1.807, 2.05) is 0 Å². The Morgan fingerprint density at radius 2 is 1.81 bits per heavy atom. The van der Waals surface area contributed by atoms with Gasteiger partial charge in [0.2, 0.25) is 0 Å². The number of methoxy groups -OCH3 is 1. The highest BCUT2D eigenvalue weighted by atomic mass is 35.5. The first-order chi connectivity index (χ1) is 12.4. The third-order valence-corrected chi connectivity index (χ3v) is 3.95. The Morgan fingerprint density at radius 3 is 2.42 bits per heavy atom. The van der Waals surface area contributed by atoms with Gasteiger partial charge < -0.3 is 14.8 Å². The molecule has 0 aliphatic rings. The van der Waals surface area contributed by atoms with E-state index in [1.54, 1.807) is 50.4 Å². The number of hydrogen-bond donors (Lipinski definition) is 3. The lowest BCUT2D eigenvalue weighted by molar-refractivity contribution is -0.127. The summed E-state index contributed by atoms with van der Waals surface area (Å²) < 4.78 is 10.6. The van der Waals surface area contributed by atoms with Gasteiger partial charge in [0.1, 0.15) is 11.5 Å². The maximum Gasteiger partial charge on any atom is 0.279 e. The van der Waals surface area contributed by atoms with Gasteiger partial charge in [-0.05, 0) is 61.6 Å². The number of ether oxygens (including phenoxy) is 2. The van der Waals surface area contributed by atoms with Gasteiger partial charge in [0.15, 0.2) is 11.2 Å². The zero-order valence-corrected chi connectivity index (χ0v) is 16.3. The molecule has 1 amide bonds. The van der Waals surface area contributed by atoms with Gasteiger partial charge in [-0.1, -0.05) is 23.2 Å². The number of anilines is 1. The van der Waals surface area contributed by atoms with E-state index in [9.17, 15) is 4.79 Å². The monoisotopic (exact) mass is 413 g/mol. The Morgan fingerprint density at radius 1 is 1.12 bits per heavy atom. The minimum Gasteiger partial charge on any atom is -0.497 e. The summed E-state index contributed by atoms with van der Waals surface area (Å²) in [6, 6.07) is 11.9. The molecule has 0 radical (unpaired) electrons. The Bertz CT molecular complexity index is 787. The van der Waals surface area contributed by atoms with Crippen molar-refractivity contribution in [3.63, 3.8) is 0 Å². The van der Waals surface area contributed by atoms with Gasteiger partial charge in [-0.25, -0.2) is 0 Å². The maximum atomic E-state index is 12.1. The molecule has 0 saturated carbocycles. The molecule has 26 heavy (non-hydrogen) atoms. The van der Waals surface area contributed by atoms with Crippen molar-refractivity contribution in [2.75, 3.05) is 12.4 Å². The number of halogens is 2. The van der Waals surface area contributed by atoms with Crippen LogP contribution in [0.1, 0.15) is 6.92 Å². The quantitative estimate of drug-likeness (QED) is 0.511. The van der Waals surface area contributed by atoms with Crippen molar-refractivity contribution >= 4 is 52.1 Å². The van der Waals surface area contributed by atoms with Crippen LogP contribution in [-0.4, -0.2) is 24.2 Å². The number of hydrogen-bond acceptors (Lipinski definition) is 4. The van der Waals surface area contributed by atoms with Crippen LogP contribution >= 0.6 is 35.4 Å². The number of benzene rings is 2. The van der Waals surface area contributed by atoms with E-state index in [4.69, 9.17) is 44.9 Å². The third kappa shape index (κ3) is 5.94. The minimum absolute atomic E-state index is 0.222. The van der Waals surface area contributed by atoms with E-state index in [0.29, 0.717) is 15.8 Å². The maximum absolute atomic E-state index is 12.1. The fourth-order valence-corrected chi connectivity index (χ4v) is 2.49. The predicted octanol–water partition coefficient (Wildman–Crippen LogP) is 3.79. The Labute approximate surface area is 166 Å². The van der Waals surface area contributed by atoms with Crippen molar-refractivity contribution in [3.8, 4) is 11.5 Å². The molecule has 2 aromatic rings. The van der Waals surface area contributed by atoms with Gasteiger partial charge >= 0.3 is 0 Å². The second-order valence-corrected chi connectivity index (χ2v) is 6.38. The smallest absolute Gasteiger partial charge is 0.279 e. The summed E-state index contributed by atoms with van der Waals surface area (Å²) in [7, 11) is 1.59. The normalized spacial score (nSPS) is 11.2. The van der Waals surface area contributed by atoms with Crippen molar-refractivity contribution in [1.29, 1.82) is 0 Å². The zero-order chi connectivity index (χ0) is 19.1. The number of hydrazine groups is 1. The van der Waals surface area contributed by atoms with Crippen molar-refractivity contribution in [3.05, 3.63) is 52.5 Å². The van der Waals surface area contributed by atoms with Crippen LogP contribution in [0.5, 0.6) is 11.5 Å². The molecule has 0 bridgehead atoms. The average molecular weight is 414 g/mol. The van der Waals surface area contributed by atoms with Gasteiger partial charge in [-0.3, -0.25) is 15.6 Å². The molecule has 2 rings (SSSR count). The summed E-state index contributed by atoms with van der Waals surface area (Å²) in [5, 5.41) is 3.95. The molecule has 0 aromatic heterocycles. The number of carbonyl (C=O) groups is 1. The summed E-state index contributed by atoms with van der Waals surface area (Å²) in [4.78, 5) is 12.1. The fraction of sp³-hybridized carbons (Fsp3) is 0.176. The van der Waals surface area contributed by atoms with Crippen molar-refractivity contribution in [1.82, 2.24) is 10.9 Å². The number of thiocarbonyl (C=S) groups is 1. The van der Waals surface area contributed by atoms with E-state index in [-0.39, 0.29) is 5.11 Å². The molecule has 6 nitrogen and oxygen atoms in total. The third-order valence-electron chi connectivity index (χ3n) is 3.21. The minimum atomic E-state index is -0.801. The molecule has 0 fully saturated rings. The second kappa shape index (κ2) is 9.47. The van der Waals surface area contributed by atoms with Crippen LogP contribution in [0.15, 0.2) is 42.5 Å². The highest BCUT2D eigenvalue weighted by molar-refractivity contribution is 7.80. The van der Waals surface area contributed by atoms with E-state index < -0.39 is 12.0 Å². The molecule has 138 valence electrons. The molecule has 0 spiro atoms. The lowest BCUT2D eigenvalue weighted by atomic mass is 10.3. The van der Waals surface area contributed by atoms with Gasteiger partial charge in [-0.2, -0.15) is 0 Å². The van der Waals surface area contributed by atoms with Gasteiger partial charge in [0, 0.05) is 10.7 Å². The van der Waals surface area contributed by atoms with Crippen LogP contribution in [0.4, 0.5) is 5.69 Å². The number of nitrogens with one attached hydrogen (secondary N) is 3. The summed E-state index contributed by atoms with van der Waals surface area (Å²) in [5.41, 5.74) is 5.82. The lowest BCUT2D eigenvalue weighted by Crippen LogP contribution is -2.48. The molecule has 0 aliphatic heterocycles. The average Bonchev–Trinajstić information content (AvgIpc) is 2.62. The first kappa shape index (κ1) is 20.1. The summed E-state index contributed by atoms with van der Waals surface area (Å²) in [6.45, 7) is 1.59. The summed E-state index contributed by atoms with van der Waals surface area (Å²) in [6.07, 6.45) is -0.801. The molecule has 9 heteroatoms. The standard InChI is InChI=1S/C17H17Cl2N3O3S/c1-10(25-15-8-3-11(18)9-14(15)19)16(23)21-22-17(26)20-12-4-6-13(24-2)7-5-12/h3-10H,1-2H3,(H,21,23)(H2,20,22,26). The fourth-order valence-electron chi connectivity index (χ4n) is 1.87. The molecule has 2 aromatic carbocycles. The SMILES string of the molecule is COc1ccc(NC(=S)NNC(=O)C(C)Oc2ccc(Cl)cc2Cl)cc1. The highest BCUT2D eigenvalue weighted by Crippen LogP contribution is 2.28. The van der Waals surface area contributed by atoms with Crippen molar-refractivity contribution in [2.45, 2.75) is 13.0 Å². The van der Waals surface area contributed by atoms with E-state index >= 15 is 0 Å². The predicted molar refractivity (Wildman–Crippen MR) is 107 cm³/mol. The number of carbonyl (C=O) groups excluding carboxylic acids is 1. The summed E-state index contributed by atoms with van der Waals surface area (Å²) in [5.74, 6) is 0.669. The molecule has 0 saturated heterocycles. The number of rotatable bonds is 5. The van der Waals surface area contributed by atoms with Crippen molar-refractivity contribution < 1.29 is 14.3 Å². The first-order valence-corrected chi connectivity index (χ1v) is 8.68. The van der Waals surface area contributed by atoms with Gasteiger partial charge in [0.25, 0.3) is 5.91 Å². The van der Waals surface area contributed by atoms with Crippen LogP contribution in [-0.2, 0) is 4.79 Å². The second-order valence-electron chi connectivity index (χ2n) is 5.13. The molecule has 1 atom stereocenters. The molecular formula is C17H17Cl2N3O3S. The first-order valence-electron chi connectivity index (χ1n) is 7.51. The van der Waals surface area contributed by atoms with Gasteiger partial charge in [-0.15, -0.1) is 0 Å². The van der Waals surface area contributed by atoms with Crippen LogP contribution < -0.4 is 25.6 Å². The molecule has 1 unspecified atom stereocenters. The Balaban J connectivity index is 1.81. The van der Waals surface area contributed by atoms with E-state index in [2.05, 4.69) is 16.2 Å². The van der Waals surface area contributed by atoms with Gasteiger partial charge in [0.05, 0.1) is 12.1 Å². The highest BCUT2D eigenvalue weighted by Gasteiger charge is 2.16.